The number of hydrogen-bond donors (Lipinski definition) is 1. The Kier molecular flexibility index (Phi) is 5.27. The molecule has 146 valence electrons. The van der Waals surface area contributed by atoms with E-state index in [2.05, 4.69) is 5.32 Å². The zero-order valence-corrected chi connectivity index (χ0v) is 16.3. The Morgan fingerprint density at radius 3 is 2.67 bits per heavy atom. The lowest BCUT2D eigenvalue weighted by atomic mass is 9.74. The molecular weight excluding hydrogens is 344 g/mol. The lowest BCUT2D eigenvalue weighted by molar-refractivity contribution is -0.137. The van der Waals surface area contributed by atoms with Crippen LogP contribution in [0.25, 0.3) is 0 Å². The topological polar surface area (TPSA) is 75.7 Å². The lowest BCUT2D eigenvalue weighted by Gasteiger charge is -2.39. The van der Waals surface area contributed by atoms with Gasteiger partial charge < -0.3 is 15.0 Å². The summed E-state index contributed by atoms with van der Waals surface area (Å²) >= 11 is 0. The van der Waals surface area contributed by atoms with Crippen LogP contribution < -0.4 is 10.2 Å². The first-order valence-electron chi connectivity index (χ1n) is 9.62. The monoisotopic (exact) mass is 372 g/mol. The van der Waals surface area contributed by atoms with Crippen LogP contribution in [0.4, 0.5) is 5.69 Å². The fraction of sp³-hybridized carbons (Fsp3) is 0.571. The SMILES string of the molecule is CC(C)(C)OC(=O)c1cccc(N2CCC3(CCCCNC3=O)CC2=O)c1. The molecule has 1 aromatic rings. The highest BCUT2D eigenvalue weighted by Gasteiger charge is 2.45. The van der Waals surface area contributed by atoms with Crippen LogP contribution in [0.5, 0.6) is 0 Å². The van der Waals surface area contributed by atoms with Crippen LogP contribution in [0.2, 0.25) is 0 Å². The predicted octanol–water partition coefficient (Wildman–Crippen LogP) is 3.06. The molecule has 0 saturated carbocycles. The van der Waals surface area contributed by atoms with Crippen LogP contribution in [-0.2, 0) is 14.3 Å². The summed E-state index contributed by atoms with van der Waals surface area (Å²) in [4.78, 5) is 39.4. The normalized spacial score (nSPS) is 23.7. The molecule has 2 aliphatic rings. The van der Waals surface area contributed by atoms with Gasteiger partial charge in [-0.2, -0.15) is 0 Å². The van der Waals surface area contributed by atoms with E-state index in [0.717, 1.165) is 19.3 Å². The van der Waals surface area contributed by atoms with Crippen molar-refractivity contribution in [2.45, 2.75) is 58.5 Å². The van der Waals surface area contributed by atoms with Gasteiger partial charge in [-0.1, -0.05) is 12.5 Å². The number of carbonyl (C=O) groups is 3. The van der Waals surface area contributed by atoms with Crippen LogP contribution in [0.1, 0.15) is 63.2 Å². The largest absolute Gasteiger partial charge is 0.456 e. The van der Waals surface area contributed by atoms with Gasteiger partial charge in [0, 0.05) is 25.2 Å². The fourth-order valence-electron chi connectivity index (χ4n) is 3.83. The van der Waals surface area contributed by atoms with Crippen LogP contribution in [0.15, 0.2) is 24.3 Å². The molecule has 1 atom stereocenters. The molecule has 2 amide bonds. The Bertz CT molecular complexity index is 753. The quantitative estimate of drug-likeness (QED) is 0.810. The third kappa shape index (κ3) is 4.31. The molecule has 2 heterocycles. The molecule has 0 radical (unpaired) electrons. The summed E-state index contributed by atoms with van der Waals surface area (Å²) < 4.78 is 5.42. The van der Waals surface area contributed by atoms with Crippen molar-refractivity contribution in [1.82, 2.24) is 5.32 Å². The van der Waals surface area contributed by atoms with Crippen molar-refractivity contribution in [3.05, 3.63) is 29.8 Å². The van der Waals surface area contributed by atoms with Gasteiger partial charge in [0.2, 0.25) is 11.8 Å². The minimum absolute atomic E-state index is 0.00973. The smallest absolute Gasteiger partial charge is 0.338 e. The summed E-state index contributed by atoms with van der Waals surface area (Å²) in [5.41, 5.74) is -0.0601. The average molecular weight is 372 g/mol. The van der Waals surface area contributed by atoms with E-state index < -0.39 is 17.0 Å². The molecule has 2 saturated heterocycles. The summed E-state index contributed by atoms with van der Waals surface area (Å²) in [7, 11) is 0. The van der Waals surface area contributed by atoms with Gasteiger partial charge in [0.15, 0.2) is 0 Å². The van der Waals surface area contributed by atoms with Crippen molar-refractivity contribution >= 4 is 23.5 Å². The highest BCUT2D eigenvalue weighted by Crippen LogP contribution is 2.40. The van der Waals surface area contributed by atoms with Gasteiger partial charge in [-0.25, -0.2) is 4.79 Å². The Hall–Kier alpha value is -2.37. The maximum Gasteiger partial charge on any atom is 0.338 e. The number of rotatable bonds is 2. The number of nitrogens with one attached hydrogen (secondary N) is 1. The number of carbonyl (C=O) groups excluding carboxylic acids is 3. The van der Waals surface area contributed by atoms with E-state index in [1.165, 1.54) is 0 Å². The fourth-order valence-corrected chi connectivity index (χ4v) is 3.83. The van der Waals surface area contributed by atoms with E-state index in [9.17, 15) is 14.4 Å². The molecule has 27 heavy (non-hydrogen) atoms. The first-order chi connectivity index (χ1) is 12.7. The molecule has 1 spiro atoms. The molecule has 0 aromatic heterocycles. The Labute approximate surface area is 160 Å². The second-order valence-electron chi connectivity index (χ2n) is 8.52. The summed E-state index contributed by atoms with van der Waals surface area (Å²) in [6, 6.07) is 6.95. The van der Waals surface area contributed by atoms with Crippen molar-refractivity contribution in [3.8, 4) is 0 Å². The average Bonchev–Trinajstić information content (AvgIpc) is 2.76. The van der Waals surface area contributed by atoms with Gasteiger partial charge >= 0.3 is 5.97 Å². The Morgan fingerprint density at radius 1 is 1.19 bits per heavy atom. The van der Waals surface area contributed by atoms with Gasteiger partial charge in [-0.05, 0) is 58.2 Å². The van der Waals surface area contributed by atoms with Gasteiger partial charge in [0.1, 0.15) is 5.60 Å². The molecule has 3 rings (SSSR count). The molecule has 1 N–H and O–H groups in total. The number of nitrogens with zero attached hydrogens (tertiary/aromatic N) is 1. The summed E-state index contributed by atoms with van der Waals surface area (Å²) in [5.74, 6) is -0.469. The number of esters is 1. The minimum Gasteiger partial charge on any atom is -0.456 e. The van der Waals surface area contributed by atoms with E-state index in [-0.39, 0.29) is 18.2 Å². The van der Waals surface area contributed by atoms with Crippen molar-refractivity contribution < 1.29 is 19.1 Å². The third-order valence-corrected chi connectivity index (χ3v) is 5.25. The maximum atomic E-state index is 12.9. The van der Waals surface area contributed by atoms with Crippen LogP contribution in [0, 0.1) is 5.41 Å². The van der Waals surface area contributed by atoms with E-state index >= 15 is 0 Å². The number of piperidine rings is 1. The van der Waals surface area contributed by atoms with E-state index in [0.29, 0.717) is 30.8 Å². The summed E-state index contributed by atoms with van der Waals surface area (Å²) in [6.45, 7) is 6.63. The number of anilines is 1. The number of benzene rings is 1. The molecule has 2 aliphatic heterocycles. The number of ether oxygens (including phenoxy) is 1. The molecule has 6 nitrogen and oxygen atoms in total. The molecule has 0 aliphatic carbocycles. The molecule has 0 bridgehead atoms. The molecule has 2 fully saturated rings. The minimum atomic E-state index is -0.577. The van der Waals surface area contributed by atoms with Crippen molar-refractivity contribution in [1.29, 1.82) is 0 Å². The highest BCUT2D eigenvalue weighted by atomic mass is 16.6. The molecular formula is C21H28N2O4. The van der Waals surface area contributed by atoms with Crippen molar-refractivity contribution in [3.63, 3.8) is 0 Å². The second-order valence-corrected chi connectivity index (χ2v) is 8.52. The van der Waals surface area contributed by atoms with Gasteiger partial charge in [-0.15, -0.1) is 0 Å². The molecule has 6 heteroatoms. The van der Waals surface area contributed by atoms with Crippen molar-refractivity contribution in [2.75, 3.05) is 18.0 Å². The van der Waals surface area contributed by atoms with Crippen LogP contribution in [0.3, 0.4) is 0 Å². The van der Waals surface area contributed by atoms with Gasteiger partial charge in [-0.3, -0.25) is 9.59 Å². The zero-order valence-electron chi connectivity index (χ0n) is 16.3. The first-order valence-corrected chi connectivity index (χ1v) is 9.62. The Morgan fingerprint density at radius 2 is 1.96 bits per heavy atom. The zero-order chi connectivity index (χ0) is 19.7. The standard InChI is InChI=1S/C21H28N2O4/c1-20(2,3)27-18(25)15-7-6-8-16(13-15)23-12-10-21(14-17(23)24)9-4-5-11-22-19(21)26/h6-8,13H,4-5,9-12,14H2,1-3H3,(H,22,26). The Balaban J connectivity index is 1.76. The van der Waals surface area contributed by atoms with Gasteiger partial charge in [0.25, 0.3) is 0 Å². The van der Waals surface area contributed by atoms with E-state index in [1.807, 2.05) is 26.8 Å². The third-order valence-electron chi connectivity index (χ3n) is 5.25. The lowest BCUT2D eigenvalue weighted by Crippen LogP contribution is -2.50. The predicted molar refractivity (Wildman–Crippen MR) is 102 cm³/mol. The number of hydrogen-bond acceptors (Lipinski definition) is 4. The second kappa shape index (κ2) is 7.33. The molecule has 1 aromatic carbocycles. The van der Waals surface area contributed by atoms with Gasteiger partial charge in [0.05, 0.1) is 11.0 Å². The number of amides is 2. The van der Waals surface area contributed by atoms with E-state index in [4.69, 9.17) is 4.74 Å². The maximum absolute atomic E-state index is 12.9. The first kappa shape index (κ1) is 19.4. The van der Waals surface area contributed by atoms with Crippen molar-refractivity contribution in [2.24, 2.45) is 5.41 Å². The highest BCUT2D eigenvalue weighted by molar-refractivity contribution is 6.00. The van der Waals surface area contributed by atoms with Crippen LogP contribution >= 0.6 is 0 Å². The molecule has 1 unspecified atom stereocenters. The van der Waals surface area contributed by atoms with E-state index in [1.54, 1.807) is 23.1 Å². The summed E-state index contributed by atoms with van der Waals surface area (Å²) in [5, 5.41) is 2.96. The van der Waals surface area contributed by atoms with Crippen LogP contribution in [-0.4, -0.2) is 36.5 Å². The summed E-state index contributed by atoms with van der Waals surface area (Å²) in [6.07, 6.45) is 3.54.